The van der Waals surface area contributed by atoms with E-state index in [2.05, 4.69) is 5.32 Å². The van der Waals surface area contributed by atoms with E-state index >= 15 is 0 Å². The number of carbonyl (C=O) groups is 2. The number of nitrogens with one attached hydrogen (secondary N) is 1. The van der Waals surface area contributed by atoms with Gasteiger partial charge in [-0.25, -0.2) is 4.79 Å². The van der Waals surface area contributed by atoms with Crippen molar-refractivity contribution in [1.29, 1.82) is 0 Å². The van der Waals surface area contributed by atoms with Gasteiger partial charge < -0.3 is 14.6 Å². The minimum Gasteiger partial charge on any atom is -0.461 e. The van der Waals surface area contributed by atoms with Crippen LogP contribution in [0.1, 0.15) is 46.0 Å². The van der Waals surface area contributed by atoms with Crippen LogP contribution in [0.3, 0.4) is 0 Å². The molecule has 27 heavy (non-hydrogen) atoms. The molecule has 0 fully saturated rings. The molecular formula is C22H24N2O3. The van der Waals surface area contributed by atoms with Gasteiger partial charge in [0.25, 0.3) is 5.91 Å². The van der Waals surface area contributed by atoms with E-state index in [-0.39, 0.29) is 5.91 Å². The maximum absolute atomic E-state index is 13.1. The molecule has 5 nitrogen and oxygen atoms in total. The van der Waals surface area contributed by atoms with Gasteiger partial charge in [-0.15, -0.1) is 0 Å². The standard InChI is InChI=1S/C22H24N2O3/c1-5-24-15(4)19(14(3)20(24)22(26)27-6-2)21(25)23-18-13-9-11-16-10-7-8-12-17(16)18/h7-13H,5-6H2,1-4H3,(H,23,25). The number of anilines is 1. The third-order valence-corrected chi connectivity index (χ3v) is 4.82. The van der Waals surface area contributed by atoms with Gasteiger partial charge in [-0.05, 0) is 44.7 Å². The first-order valence-corrected chi connectivity index (χ1v) is 9.15. The summed E-state index contributed by atoms with van der Waals surface area (Å²) >= 11 is 0. The maximum Gasteiger partial charge on any atom is 0.355 e. The number of aromatic nitrogens is 1. The van der Waals surface area contributed by atoms with Crippen molar-refractivity contribution in [2.45, 2.75) is 34.2 Å². The highest BCUT2D eigenvalue weighted by Gasteiger charge is 2.26. The van der Waals surface area contributed by atoms with E-state index < -0.39 is 5.97 Å². The van der Waals surface area contributed by atoms with Gasteiger partial charge in [0.2, 0.25) is 0 Å². The van der Waals surface area contributed by atoms with Crippen LogP contribution in [0.25, 0.3) is 10.8 Å². The van der Waals surface area contributed by atoms with Crippen molar-refractivity contribution in [1.82, 2.24) is 4.57 Å². The van der Waals surface area contributed by atoms with Gasteiger partial charge in [-0.3, -0.25) is 4.79 Å². The van der Waals surface area contributed by atoms with E-state index in [9.17, 15) is 9.59 Å². The van der Waals surface area contributed by atoms with Crippen LogP contribution in [0.2, 0.25) is 0 Å². The Morgan fingerprint density at radius 2 is 1.74 bits per heavy atom. The lowest BCUT2D eigenvalue weighted by Gasteiger charge is -2.10. The molecule has 3 aromatic rings. The molecule has 140 valence electrons. The van der Waals surface area contributed by atoms with Crippen LogP contribution >= 0.6 is 0 Å². The second-order valence-electron chi connectivity index (χ2n) is 6.38. The minimum absolute atomic E-state index is 0.223. The smallest absolute Gasteiger partial charge is 0.355 e. The average Bonchev–Trinajstić information content (AvgIpc) is 2.92. The molecule has 1 aromatic heterocycles. The lowest BCUT2D eigenvalue weighted by molar-refractivity contribution is 0.0512. The van der Waals surface area contributed by atoms with E-state index in [0.717, 1.165) is 22.2 Å². The molecule has 0 aliphatic heterocycles. The van der Waals surface area contributed by atoms with E-state index in [1.54, 1.807) is 13.8 Å². The van der Waals surface area contributed by atoms with E-state index in [4.69, 9.17) is 4.74 Å². The first-order chi connectivity index (χ1) is 13.0. The molecule has 0 aliphatic carbocycles. The Balaban J connectivity index is 2.03. The van der Waals surface area contributed by atoms with Crippen molar-refractivity contribution >= 4 is 28.3 Å². The Labute approximate surface area is 158 Å². The predicted molar refractivity (Wildman–Crippen MR) is 107 cm³/mol. The van der Waals surface area contributed by atoms with Crippen LogP contribution in [0.15, 0.2) is 42.5 Å². The minimum atomic E-state index is -0.399. The topological polar surface area (TPSA) is 60.3 Å². The van der Waals surface area contributed by atoms with Crippen LogP contribution in [0.5, 0.6) is 0 Å². The quantitative estimate of drug-likeness (QED) is 0.667. The average molecular weight is 364 g/mol. The molecule has 2 aromatic carbocycles. The zero-order chi connectivity index (χ0) is 19.6. The third kappa shape index (κ3) is 3.33. The summed E-state index contributed by atoms with van der Waals surface area (Å²) in [6.07, 6.45) is 0. The summed E-state index contributed by atoms with van der Waals surface area (Å²) < 4.78 is 7.02. The Bertz CT molecular complexity index is 1010. The van der Waals surface area contributed by atoms with Crippen LogP contribution in [0, 0.1) is 13.8 Å². The van der Waals surface area contributed by atoms with Crippen molar-refractivity contribution in [3.63, 3.8) is 0 Å². The fourth-order valence-electron chi connectivity index (χ4n) is 3.61. The molecule has 0 radical (unpaired) electrons. The lowest BCUT2D eigenvalue weighted by Crippen LogP contribution is -2.14. The van der Waals surface area contributed by atoms with E-state index in [1.807, 2.05) is 60.9 Å². The molecule has 1 N–H and O–H groups in total. The van der Waals surface area contributed by atoms with Crippen LogP contribution in [0.4, 0.5) is 5.69 Å². The lowest BCUT2D eigenvalue weighted by atomic mass is 10.1. The highest BCUT2D eigenvalue weighted by atomic mass is 16.5. The summed E-state index contributed by atoms with van der Waals surface area (Å²) in [6.45, 7) is 8.25. The molecule has 0 spiro atoms. The molecule has 0 saturated carbocycles. The molecule has 1 heterocycles. The van der Waals surface area contributed by atoms with Gasteiger partial charge in [-0.2, -0.15) is 0 Å². The van der Waals surface area contributed by atoms with Crippen molar-refractivity contribution in [3.8, 4) is 0 Å². The zero-order valence-corrected chi connectivity index (χ0v) is 16.1. The van der Waals surface area contributed by atoms with Crippen LogP contribution in [-0.4, -0.2) is 23.1 Å². The molecule has 0 unspecified atom stereocenters. The largest absolute Gasteiger partial charge is 0.461 e. The van der Waals surface area contributed by atoms with E-state index in [0.29, 0.717) is 30.0 Å². The molecule has 0 bridgehead atoms. The fraction of sp³-hybridized carbons (Fsp3) is 0.273. The second kappa shape index (κ2) is 7.66. The normalized spacial score (nSPS) is 10.8. The zero-order valence-electron chi connectivity index (χ0n) is 16.1. The number of carbonyl (C=O) groups excluding carboxylic acids is 2. The number of fused-ring (bicyclic) bond motifs is 1. The fourth-order valence-corrected chi connectivity index (χ4v) is 3.61. The van der Waals surface area contributed by atoms with Crippen LogP contribution in [-0.2, 0) is 11.3 Å². The number of nitrogens with zero attached hydrogens (tertiary/aromatic N) is 1. The Morgan fingerprint density at radius 1 is 1.04 bits per heavy atom. The summed E-state index contributed by atoms with van der Waals surface area (Å²) in [5.74, 6) is -0.622. The number of amides is 1. The number of ether oxygens (including phenoxy) is 1. The first kappa shape index (κ1) is 18.7. The van der Waals surface area contributed by atoms with Crippen molar-refractivity contribution < 1.29 is 14.3 Å². The van der Waals surface area contributed by atoms with Gasteiger partial charge in [0, 0.05) is 23.3 Å². The van der Waals surface area contributed by atoms with Gasteiger partial charge in [0.1, 0.15) is 5.69 Å². The monoisotopic (exact) mass is 364 g/mol. The summed E-state index contributed by atoms with van der Waals surface area (Å²) in [6, 6.07) is 13.7. The number of hydrogen-bond donors (Lipinski definition) is 1. The molecule has 3 rings (SSSR count). The van der Waals surface area contributed by atoms with Gasteiger partial charge >= 0.3 is 5.97 Å². The van der Waals surface area contributed by atoms with Crippen molar-refractivity contribution in [2.75, 3.05) is 11.9 Å². The first-order valence-electron chi connectivity index (χ1n) is 9.15. The van der Waals surface area contributed by atoms with Gasteiger partial charge in [0.15, 0.2) is 0 Å². The number of benzene rings is 2. The van der Waals surface area contributed by atoms with Crippen molar-refractivity contribution in [3.05, 3.63) is 65.0 Å². The maximum atomic E-state index is 13.1. The highest BCUT2D eigenvalue weighted by Crippen LogP contribution is 2.27. The Morgan fingerprint density at radius 3 is 2.44 bits per heavy atom. The molecule has 0 atom stereocenters. The third-order valence-electron chi connectivity index (χ3n) is 4.82. The predicted octanol–water partition coefficient (Wildman–Crippen LogP) is 4.71. The van der Waals surface area contributed by atoms with Crippen LogP contribution < -0.4 is 5.32 Å². The Kier molecular flexibility index (Phi) is 5.31. The van der Waals surface area contributed by atoms with Gasteiger partial charge in [0.05, 0.1) is 12.2 Å². The number of rotatable bonds is 5. The summed E-state index contributed by atoms with van der Waals surface area (Å²) in [4.78, 5) is 25.5. The van der Waals surface area contributed by atoms with Crippen molar-refractivity contribution in [2.24, 2.45) is 0 Å². The SMILES string of the molecule is CCOC(=O)c1c(C)c(C(=O)Nc2cccc3ccccc23)c(C)n1CC. The summed E-state index contributed by atoms with van der Waals surface area (Å²) in [7, 11) is 0. The van der Waals surface area contributed by atoms with Gasteiger partial charge in [-0.1, -0.05) is 36.4 Å². The molecule has 0 aliphatic rings. The van der Waals surface area contributed by atoms with E-state index in [1.165, 1.54) is 0 Å². The number of esters is 1. The molecule has 0 saturated heterocycles. The second-order valence-corrected chi connectivity index (χ2v) is 6.38. The highest BCUT2D eigenvalue weighted by molar-refractivity contribution is 6.11. The molecular weight excluding hydrogens is 340 g/mol. The number of hydrogen-bond acceptors (Lipinski definition) is 3. The summed E-state index contributed by atoms with van der Waals surface area (Å²) in [5, 5.41) is 5.05. The molecule has 5 heteroatoms. The molecule has 1 amide bonds. The Hall–Kier alpha value is -3.08. The summed E-state index contributed by atoms with van der Waals surface area (Å²) in [5.41, 5.74) is 3.12.